The van der Waals surface area contributed by atoms with Crippen molar-refractivity contribution in [1.29, 1.82) is 0 Å². The summed E-state index contributed by atoms with van der Waals surface area (Å²) in [7, 11) is 0. The summed E-state index contributed by atoms with van der Waals surface area (Å²) < 4.78 is 13.3. The summed E-state index contributed by atoms with van der Waals surface area (Å²) >= 11 is 3.12. The fraction of sp³-hybridized carbons (Fsp3) is 0.333. The molecule has 0 aromatic heterocycles. The van der Waals surface area contributed by atoms with Crippen LogP contribution in [0, 0.1) is 11.7 Å². The molecule has 0 saturated heterocycles. The van der Waals surface area contributed by atoms with Gasteiger partial charge in [-0.25, -0.2) is 9.18 Å². The lowest BCUT2D eigenvalue weighted by Gasteiger charge is -2.18. The highest BCUT2D eigenvalue weighted by Gasteiger charge is 2.21. The number of anilines is 1. The molecule has 0 aliphatic rings. The van der Waals surface area contributed by atoms with Crippen LogP contribution in [-0.2, 0) is 4.79 Å². The Bertz CT molecular complexity index is 496. The van der Waals surface area contributed by atoms with Crippen LogP contribution in [0.5, 0.6) is 0 Å². The van der Waals surface area contributed by atoms with E-state index >= 15 is 0 Å². The van der Waals surface area contributed by atoms with Gasteiger partial charge in [-0.1, -0.05) is 0 Å². The van der Waals surface area contributed by atoms with Gasteiger partial charge in [-0.05, 0) is 48.0 Å². The highest BCUT2D eigenvalue weighted by atomic mass is 79.9. The molecular weight excluding hydrogens is 319 g/mol. The Balaban J connectivity index is 2.63. The Hall–Kier alpha value is -1.63. The third-order valence-corrected chi connectivity index (χ3v) is 3.33. The van der Waals surface area contributed by atoms with Crippen molar-refractivity contribution in [2.24, 2.45) is 5.92 Å². The van der Waals surface area contributed by atoms with Crippen LogP contribution in [-0.4, -0.2) is 23.1 Å². The number of hydrogen-bond donors (Lipinski definition) is 3. The van der Waals surface area contributed by atoms with Crippen LogP contribution in [0.3, 0.4) is 0 Å². The van der Waals surface area contributed by atoms with Gasteiger partial charge in [0.05, 0.1) is 11.6 Å². The molecule has 1 rings (SSSR count). The second-order valence-electron chi connectivity index (χ2n) is 4.14. The maximum absolute atomic E-state index is 12.9. The van der Waals surface area contributed by atoms with E-state index < -0.39 is 29.8 Å². The van der Waals surface area contributed by atoms with Crippen LogP contribution in [0.25, 0.3) is 0 Å². The summed E-state index contributed by atoms with van der Waals surface area (Å²) in [6.45, 7) is 3.10. The zero-order valence-corrected chi connectivity index (χ0v) is 12.0. The number of carbonyl (C=O) groups excluding carboxylic acids is 1. The number of carboxylic acid groups (broad SMARTS) is 1. The summed E-state index contributed by atoms with van der Waals surface area (Å²) in [6, 6.07) is 2.76. The minimum atomic E-state index is -0.990. The van der Waals surface area contributed by atoms with E-state index in [1.165, 1.54) is 25.1 Å². The highest BCUT2D eigenvalue weighted by Crippen LogP contribution is 2.22. The van der Waals surface area contributed by atoms with Gasteiger partial charge < -0.3 is 15.7 Å². The number of carbonyl (C=O) groups is 2. The molecule has 3 N–H and O–H groups in total. The molecule has 0 aliphatic heterocycles. The fourth-order valence-electron chi connectivity index (χ4n) is 1.29. The molecule has 19 heavy (non-hydrogen) atoms. The van der Waals surface area contributed by atoms with E-state index in [1.54, 1.807) is 6.92 Å². The molecular formula is C12H14BrFN2O3. The topological polar surface area (TPSA) is 78.4 Å². The van der Waals surface area contributed by atoms with Crippen molar-refractivity contribution in [2.45, 2.75) is 19.9 Å². The number of benzene rings is 1. The minimum Gasteiger partial charge on any atom is -0.481 e. The molecule has 104 valence electrons. The summed E-state index contributed by atoms with van der Waals surface area (Å²) in [5.74, 6) is -2.12. The molecule has 1 aromatic rings. The van der Waals surface area contributed by atoms with Gasteiger partial charge in [-0.2, -0.15) is 0 Å². The van der Waals surface area contributed by atoms with Gasteiger partial charge in [0.1, 0.15) is 5.82 Å². The molecule has 0 saturated carbocycles. The van der Waals surface area contributed by atoms with Crippen LogP contribution < -0.4 is 10.6 Å². The van der Waals surface area contributed by atoms with Crippen molar-refractivity contribution in [2.75, 3.05) is 5.32 Å². The predicted molar refractivity (Wildman–Crippen MR) is 72.5 cm³/mol. The number of amides is 2. The first-order chi connectivity index (χ1) is 8.81. The van der Waals surface area contributed by atoms with Crippen LogP contribution in [0.2, 0.25) is 0 Å². The van der Waals surface area contributed by atoms with E-state index in [2.05, 4.69) is 26.6 Å². The lowest BCUT2D eigenvalue weighted by Crippen LogP contribution is -2.42. The molecule has 1 aromatic carbocycles. The number of aliphatic carboxylic acids is 1. The van der Waals surface area contributed by atoms with Gasteiger partial charge in [-0.3, -0.25) is 4.79 Å². The van der Waals surface area contributed by atoms with Crippen molar-refractivity contribution in [1.82, 2.24) is 5.32 Å². The Kier molecular flexibility index (Phi) is 5.29. The molecule has 5 nitrogen and oxygen atoms in total. The van der Waals surface area contributed by atoms with Gasteiger partial charge in [0.25, 0.3) is 0 Å². The average molecular weight is 333 g/mol. The van der Waals surface area contributed by atoms with Crippen LogP contribution in [0.15, 0.2) is 22.7 Å². The summed E-state index contributed by atoms with van der Waals surface area (Å²) in [4.78, 5) is 22.4. The number of halogens is 2. The Labute approximate surface area is 118 Å². The quantitative estimate of drug-likeness (QED) is 0.793. The van der Waals surface area contributed by atoms with E-state index in [0.717, 1.165) is 0 Å². The number of urea groups is 1. The van der Waals surface area contributed by atoms with Gasteiger partial charge in [0.15, 0.2) is 0 Å². The minimum absolute atomic E-state index is 0.397. The van der Waals surface area contributed by atoms with Crippen molar-refractivity contribution in [3.05, 3.63) is 28.5 Å². The summed E-state index contributed by atoms with van der Waals surface area (Å²) in [6.07, 6.45) is 0. The lowest BCUT2D eigenvalue weighted by molar-refractivity contribution is -0.141. The monoisotopic (exact) mass is 332 g/mol. The molecule has 0 aliphatic carbocycles. The summed E-state index contributed by atoms with van der Waals surface area (Å²) in [5, 5.41) is 13.8. The largest absolute Gasteiger partial charge is 0.481 e. The first kappa shape index (κ1) is 15.4. The smallest absolute Gasteiger partial charge is 0.319 e. The van der Waals surface area contributed by atoms with Crippen LogP contribution in [0.1, 0.15) is 13.8 Å². The third kappa shape index (κ3) is 4.51. The van der Waals surface area contributed by atoms with Crippen LogP contribution in [0.4, 0.5) is 14.9 Å². The summed E-state index contributed by atoms with van der Waals surface area (Å²) in [5.41, 5.74) is 0.397. The first-order valence-electron chi connectivity index (χ1n) is 5.56. The van der Waals surface area contributed by atoms with E-state index in [4.69, 9.17) is 5.11 Å². The molecule has 0 heterocycles. The van der Waals surface area contributed by atoms with Gasteiger partial charge in [-0.15, -0.1) is 0 Å². The van der Waals surface area contributed by atoms with E-state index in [9.17, 15) is 14.0 Å². The molecule has 2 atom stereocenters. The van der Waals surface area contributed by atoms with Gasteiger partial charge >= 0.3 is 12.0 Å². The molecule has 7 heteroatoms. The SMILES string of the molecule is CC(NC(=O)Nc1ccc(F)cc1Br)C(C)C(=O)O. The van der Waals surface area contributed by atoms with Gasteiger partial charge in [0, 0.05) is 10.5 Å². The molecule has 2 amide bonds. The van der Waals surface area contributed by atoms with Crippen LogP contribution >= 0.6 is 15.9 Å². The number of nitrogens with one attached hydrogen (secondary N) is 2. The average Bonchev–Trinajstić information content (AvgIpc) is 2.31. The highest BCUT2D eigenvalue weighted by molar-refractivity contribution is 9.10. The van der Waals surface area contributed by atoms with Crippen molar-refractivity contribution >= 4 is 33.6 Å². The van der Waals surface area contributed by atoms with Crippen molar-refractivity contribution in [3.63, 3.8) is 0 Å². The van der Waals surface area contributed by atoms with E-state index in [-0.39, 0.29) is 0 Å². The third-order valence-electron chi connectivity index (χ3n) is 2.68. The second-order valence-corrected chi connectivity index (χ2v) is 4.99. The molecule has 0 bridgehead atoms. The molecule has 0 radical (unpaired) electrons. The van der Waals surface area contributed by atoms with E-state index in [0.29, 0.717) is 10.2 Å². The fourth-order valence-corrected chi connectivity index (χ4v) is 1.74. The normalized spacial score (nSPS) is 13.5. The lowest BCUT2D eigenvalue weighted by atomic mass is 10.0. The zero-order chi connectivity index (χ0) is 14.6. The maximum atomic E-state index is 12.9. The van der Waals surface area contributed by atoms with Gasteiger partial charge in [0.2, 0.25) is 0 Å². The Morgan fingerprint density at radius 2 is 2.00 bits per heavy atom. The Morgan fingerprint density at radius 1 is 1.37 bits per heavy atom. The molecule has 0 fully saturated rings. The molecule has 0 spiro atoms. The second kappa shape index (κ2) is 6.51. The standard InChI is InChI=1S/C12H14BrFN2O3/c1-6(11(17)18)7(2)15-12(19)16-10-4-3-8(14)5-9(10)13/h3-7H,1-2H3,(H,17,18)(H2,15,16,19). The van der Waals surface area contributed by atoms with E-state index in [1.807, 2.05) is 0 Å². The number of rotatable bonds is 4. The Morgan fingerprint density at radius 3 is 2.53 bits per heavy atom. The predicted octanol–water partition coefficient (Wildman–Crippen LogP) is 2.82. The van der Waals surface area contributed by atoms with Crippen molar-refractivity contribution < 1.29 is 19.1 Å². The zero-order valence-electron chi connectivity index (χ0n) is 10.4. The maximum Gasteiger partial charge on any atom is 0.319 e. The van der Waals surface area contributed by atoms with Crippen molar-refractivity contribution in [3.8, 4) is 0 Å². The number of hydrogen-bond acceptors (Lipinski definition) is 2. The molecule has 2 unspecified atom stereocenters. The first-order valence-corrected chi connectivity index (χ1v) is 6.36. The number of carboxylic acids is 1.